The molecule has 0 rings (SSSR count). The van der Waals surface area contributed by atoms with Gasteiger partial charge in [-0.2, -0.15) is 5.26 Å². The summed E-state index contributed by atoms with van der Waals surface area (Å²) in [6, 6.07) is 1.60. The standard InChI is InChI=1S/C9H13NO3/c1-3-8(4-5-11)13-9(12)7(2)6-10/h8,11H,2-5H2,1H3. The quantitative estimate of drug-likeness (QED) is 0.388. The average molecular weight is 183 g/mol. The summed E-state index contributed by atoms with van der Waals surface area (Å²) in [5, 5.41) is 16.9. The first kappa shape index (κ1) is 11.7. The van der Waals surface area contributed by atoms with Gasteiger partial charge in [0.1, 0.15) is 17.7 Å². The van der Waals surface area contributed by atoms with E-state index in [0.717, 1.165) is 0 Å². The van der Waals surface area contributed by atoms with Crippen LogP contribution in [0.2, 0.25) is 0 Å². The van der Waals surface area contributed by atoms with Crippen LogP contribution in [0.5, 0.6) is 0 Å². The summed E-state index contributed by atoms with van der Waals surface area (Å²) in [6.07, 6.45) is 0.675. The second kappa shape index (κ2) is 6.21. The van der Waals surface area contributed by atoms with Gasteiger partial charge in [0, 0.05) is 13.0 Å². The van der Waals surface area contributed by atoms with E-state index < -0.39 is 5.97 Å². The second-order valence-electron chi connectivity index (χ2n) is 2.54. The smallest absolute Gasteiger partial charge is 0.348 e. The maximum Gasteiger partial charge on any atom is 0.348 e. The average Bonchev–Trinajstić information content (AvgIpc) is 2.15. The summed E-state index contributed by atoms with van der Waals surface area (Å²) in [5.74, 6) is -0.706. The summed E-state index contributed by atoms with van der Waals surface area (Å²) in [4.78, 5) is 11.0. The van der Waals surface area contributed by atoms with Crippen molar-refractivity contribution in [2.75, 3.05) is 6.61 Å². The van der Waals surface area contributed by atoms with E-state index in [4.69, 9.17) is 15.1 Å². The van der Waals surface area contributed by atoms with Crippen molar-refractivity contribution in [1.29, 1.82) is 5.26 Å². The van der Waals surface area contributed by atoms with Crippen molar-refractivity contribution in [1.82, 2.24) is 0 Å². The van der Waals surface area contributed by atoms with Crippen LogP contribution >= 0.6 is 0 Å². The van der Waals surface area contributed by atoms with Crippen LogP contribution in [0.15, 0.2) is 12.2 Å². The van der Waals surface area contributed by atoms with Gasteiger partial charge < -0.3 is 9.84 Å². The van der Waals surface area contributed by atoms with E-state index in [2.05, 4.69) is 6.58 Å². The molecule has 4 heteroatoms. The molecule has 0 radical (unpaired) electrons. The Morgan fingerprint density at radius 1 is 1.77 bits per heavy atom. The number of nitriles is 1. The Kier molecular flexibility index (Phi) is 5.57. The van der Waals surface area contributed by atoms with Crippen molar-refractivity contribution in [3.63, 3.8) is 0 Å². The molecule has 0 spiro atoms. The van der Waals surface area contributed by atoms with E-state index in [1.807, 2.05) is 6.92 Å². The zero-order valence-corrected chi connectivity index (χ0v) is 7.62. The lowest BCUT2D eigenvalue weighted by Crippen LogP contribution is -2.19. The van der Waals surface area contributed by atoms with Gasteiger partial charge in [0.05, 0.1) is 0 Å². The molecule has 1 N–H and O–H groups in total. The number of hydrogen-bond donors (Lipinski definition) is 1. The molecular formula is C9H13NO3. The molecule has 0 aliphatic carbocycles. The zero-order chi connectivity index (χ0) is 10.3. The number of nitrogens with zero attached hydrogens (tertiary/aromatic N) is 1. The van der Waals surface area contributed by atoms with Crippen LogP contribution in [0.25, 0.3) is 0 Å². The fraction of sp³-hybridized carbons (Fsp3) is 0.556. The molecule has 13 heavy (non-hydrogen) atoms. The van der Waals surface area contributed by atoms with Crippen molar-refractivity contribution >= 4 is 5.97 Å². The van der Waals surface area contributed by atoms with Crippen LogP contribution in [0.4, 0.5) is 0 Å². The minimum absolute atomic E-state index is 0.0369. The second-order valence-corrected chi connectivity index (χ2v) is 2.54. The van der Waals surface area contributed by atoms with E-state index in [1.54, 1.807) is 6.07 Å². The predicted octanol–water partition coefficient (Wildman–Crippen LogP) is 0.770. The van der Waals surface area contributed by atoms with E-state index in [0.29, 0.717) is 12.8 Å². The molecule has 4 nitrogen and oxygen atoms in total. The van der Waals surface area contributed by atoms with Crippen molar-refractivity contribution < 1.29 is 14.6 Å². The molecule has 0 aromatic carbocycles. The Balaban J connectivity index is 4.02. The van der Waals surface area contributed by atoms with Crippen LogP contribution in [0.3, 0.4) is 0 Å². The first-order chi connectivity index (χ1) is 6.15. The van der Waals surface area contributed by atoms with Gasteiger partial charge in [0.2, 0.25) is 0 Å². The minimum Gasteiger partial charge on any atom is -0.458 e. The Bertz CT molecular complexity index is 230. The van der Waals surface area contributed by atoms with Crippen LogP contribution in [-0.4, -0.2) is 23.8 Å². The first-order valence-corrected chi connectivity index (χ1v) is 4.06. The summed E-state index contributed by atoms with van der Waals surface area (Å²) >= 11 is 0. The summed E-state index contributed by atoms with van der Waals surface area (Å²) < 4.78 is 4.87. The number of carbonyl (C=O) groups is 1. The van der Waals surface area contributed by atoms with Gasteiger partial charge in [-0.25, -0.2) is 4.79 Å². The highest BCUT2D eigenvalue weighted by molar-refractivity contribution is 5.91. The molecule has 0 saturated heterocycles. The Morgan fingerprint density at radius 3 is 2.77 bits per heavy atom. The lowest BCUT2D eigenvalue weighted by atomic mass is 10.2. The number of rotatable bonds is 5. The normalized spacial score (nSPS) is 11.5. The highest BCUT2D eigenvalue weighted by Gasteiger charge is 2.14. The number of hydrogen-bond acceptors (Lipinski definition) is 4. The Hall–Kier alpha value is -1.34. The molecule has 0 aliphatic heterocycles. The molecule has 0 fully saturated rings. The molecule has 0 aliphatic rings. The summed E-state index contributed by atoms with van der Waals surface area (Å²) in [5.41, 5.74) is -0.212. The minimum atomic E-state index is -0.706. The lowest BCUT2D eigenvalue weighted by Gasteiger charge is -2.13. The topological polar surface area (TPSA) is 70.3 Å². The van der Waals surface area contributed by atoms with E-state index in [-0.39, 0.29) is 18.3 Å². The van der Waals surface area contributed by atoms with Crippen LogP contribution in [-0.2, 0) is 9.53 Å². The van der Waals surface area contributed by atoms with Crippen molar-refractivity contribution in [3.05, 3.63) is 12.2 Å². The van der Waals surface area contributed by atoms with Gasteiger partial charge in [-0.15, -0.1) is 0 Å². The maximum atomic E-state index is 11.0. The Labute approximate surface area is 77.4 Å². The molecule has 0 bridgehead atoms. The molecule has 0 heterocycles. The van der Waals surface area contributed by atoms with Gasteiger partial charge in [0.25, 0.3) is 0 Å². The SMILES string of the molecule is C=C(C#N)C(=O)OC(CC)CCO. The van der Waals surface area contributed by atoms with Crippen molar-refractivity contribution in [2.45, 2.75) is 25.9 Å². The van der Waals surface area contributed by atoms with Crippen molar-refractivity contribution in [3.8, 4) is 6.07 Å². The van der Waals surface area contributed by atoms with Gasteiger partial charge in [-0.1, -0.05) is 13.5 Å². The Morgan fingerprint density at radius 2 is 2.38 bits per heavy atom. The third kappa shape index (κ3) is 4.28. The van der Waals surface area contributed by atoms with Gasteiger partial charge in [0.15, 0.2) is 0 Å². The van der Waals surface area contributed by atoms with E-state index in [9.17, 15) is 4.79 Å². The fourth-order valence-electron chi connectivity index (χ4n) is 0.759. The monoisotopic (exact) mass is 183 g/mol. The van der Waals surface area contributed by atoms with Crippen molar-refractivity contribution in [2.24, 2.45) is 0 Å². The van der Waals surface area contributed by atoms with Gasteiger partial charge in [-0.05, 0) is 6.42 Å². The third-order valence-corrected chi connectivity index (χ3v) is 1.56. The molecule has 72 valence electrons. The highest BCUT2D eigenvalue weighted by Crippen LogP contribution is 2.05. The largest absolute Gasteiger partial charge is 0.458 e. The molecule has 1 unspecified atom stereocenters. The third-order valence-electron chi connectivity index (χ3n) is 1.56. The van der Waals surface area contributed by atoms with Gasteiger partial charge >= 0.3 is 5.97 Å². The predicted molar refractivity (Wildman–Crippen MR) is 46.6 cm³/mol. The molecule has 0 aromatic rings. The maximum absolute atomic E-state index is 11.0. The van der Waals surface area contributed by atoms with Gasteiger partial charge in [-0.3, -0.25) is 0 Å². The molecule has 1 atom stereocenters. The number of esters is 1. The molecule has 0 saturated carbocycles. The first-order valence-electron chi connectivity index (χ1n) is 4.06. The van der Waals surface area contributed by atoms with Crippen LogP contribution in [0.1, 0.15) is 19.8 Å². The fourth-order valence-corrected chi connectivity index (χ4v) is 0.759. The number of ether oxygens (including phenoxy) is 1. The molecular weight excluding hydrogens is 170 g/mol. The number of aliphatic hydroxyl groups is 1. The molecule has 0 aromatic heterocycles. The zero-order valence-electron chi connectivity index (χ0n) is 7.62. The molecule has 0 amide bonds. The van der Waals surface area contributed by atoms with E-state index in [1.165, 1.54) is 0 Å². The van der Waals surface area contributed by atoms with Crippen LogP contribution in [0, 0.1) is 11.3 Å². The van der Waals surface area contributed by atoms with E-state index >= 15 is 0 Å². The summed E-state index contributed by atoms with van der Waals surface area (Å²) in [7, 11) is 0. The lowest BCUT2D eigenvalue weighted by molar-refractivity contribution is -0.144. The number of aliphatic hydroxyl groups excluding tert-OH is 1. The van der Waals surface area contributed by atoms with Crippen LogP contribution < -0.4 is 0 Å². The highest BCUT2D eigenvalue weighted by atomic mass is 16.5. The summed E-state index contributed by atoms with van der Waals surface area (Å²) in [6.45, 7) is 5.02. The number of carbonyl (C=O) groups excluding carboxylic acids is 1.